The van der Waals surface area contributed by atoms with Crippen LogP contribution in [0.5, 0.6) is 0 Å². The van der Waals surface area contributed by atoms with Gasteiger partial charge in [0.1, 0.15) is 6.04 Å². The fraction of sp³-hybridized carbons (Fsp3) is 0.818. The standard InChI is InChI=1S/C11H21NO4/c1-5-16-11(14)9(3)12-10(13)6-8(2)7-15-4/h8-9H,5-7H2,1-4H3,(H,12,13). The van der Waals surface area contributed by atoms with Gasteiger partial charge in [0.25, 0.3) is 0 Å². The molecule has 5 nitrogen and oxygen atoms in total. The summed E-state index contributed by atoms with van der Waals surface area (Å²) >= 11 is 0. The van der Waals surface area contributed by atoms with Gasteiger partial charge in [-0.05, 0) is 19.8 Å². The Morgan fingerprint density at radius 1 is 1.31 bits per heavy atom. The van der Waals surface area contributed by atoms with E-state index in [0.717, 1.165) is 0 Å². The quantitative estimate of drug-likeness (QED) is 0.656. The van der Waals surface area contributed by atoms with Gasteiger partial charge >= 0.3 is 5.97 Å². The van der Waals surface area contributed by atoms with Gasteiger partial charge in [-0.25, -0.2) is 4.79 Å². The van der Waals surface area contributed by atoms with Gasteiger partial charge in [0.05, 0.1) is 6.61 Å². The first-order chi connectivity index (χ1) is 7.51. The summed E-state index contributed by atoms with van der Waals surface area (Å²) in [5.41, 5.74) is 0. The van der Waals surface area contributed by atoms with Gasteiger partial charge in [0.2, 0.25) is 5.91 Å². The SMILES string of the molecule is CCOC(=O)C(C)NC(=O)CC(C)COC. The molecule has 2 unspecified atom stereocenters. The van der Waals surface area contributed by atoms with Crippen molar-refractivity contribution in [3.05, 3.63) is 0 Å². The van der Waals surface area contributed by atoms with Crippen LogP contribution < -0.4 is 5.32 Å². The Kier molecular flexibility index (Phi) is 7.54. The zero-order chi connectivity index (χ0) is 12.6. The number of rotatable bonds is 7. The molecule has 0 aromatic carbocycles. The van der Waals surface area contributed by atoms with E-state index in [1.165, 1.54) is 0 Å². The van der Waals surface area contributed by atoms with Gasteiger partial charge in [-0.15, -0.1) is 0 Å². The van der Waals surface area contributed by atoms with E-state index in [9.17, 15) is 9.59 Å². The lowest BCUT2D eigenvalue weighted by Gasteiger charge is -2.14. The van der Waals surface area contributed by atoms with Crippen molar-refractivity contribution in [2.45, 2.75) is 33.2 Å². The van der Waals surface area contributed by atoms with E-state index in [1.54, 1.807) is 21.0 Å². The molecule has 94 valence electrons. The Hall–Kier alpha value is -1.10. The molecule has 1 amide bonds. The van der Waals surface area contributed by atoms with Crippen molar-refractivity contribution in [2.75, 3.05) is 20.3 Å². The molecule has 0 rings (SSSR count). The van der Waals surface area contributed by atoms with Crippen molar-refractivity contribution in [3.8, 4) is 0 Å². The van der Waals surface area contributed by atoms with E-state index < -0.39 is 12.0 Å². The normalized spacial score (nSPS) is 14.0. The summed E-state index contributed by atoms with van der Waals surface area (Å²) in [6, 6.07) is -0.595. The maximum absolute atomic E-state index is 11.5. The average Bonchev–Trinajstić information content (AvgIpc) is 2.17. The molecule has 16 heavy (non-hydrogen) atoms. The van der Waals surface area contributed by atoms with Gasteiger partial charge in [-0.3, -0.25) is 4.79 Å². The van der Waals surface area contributed by atoms with E-state index in [1.807, 2.05) is 6.92 Å². The number of esters is 1. The van der Waals surface area contributed by atoms with E-state index in [0.29, 0.717) is 19.6 Å². The molecule has 0 fully saturated rings. The summed E-state index contributed by atoms with van der Waals surface area (Å²) in [7, 11) is 1.59. The Labute approximate surface area is 96.5 Å². The molecule has 0 aliphatic rings. The molecule has 0 saturated carbocycles. The van der Waals surface area contributed by atoms with Crippen LogP contribution in [0.15, 0.2) is 0 Å². The number of methoxy groups -OCH3 is 1. The molecular formula is C11H21NO4. The molecular weight excluding hydrogens is 210 g/mol. The van der Waals surface area contributed by atoms with E-state index in [2.05, 4.69) is 5.32 Å². The molecule has 0 saturated heterocycles. The van der Waals surface area contributed by atoms with Crippen molar-refractivity contribution < 1.29 is 19.1 Å². The van der Waals surface area contributed by atoms with Crippen molar-refractivity contribution in [1.29, 1.82) is 0 Å². The van der Waals surface area contributed by atoms with Crippen LogP contribution in [0.2, 0.25) is 0 Å². The van der Waals surface area contributed by atoms with Crippen LogP contribution in [0.1, 0.15) is 27.2 Å². The summed E-state index contributed by atoms with van der Waals surface area (Å²) in [6.07, 6.45) is 0.345. The maximum atomic E-state index is 11.5. The third-order valence-corrected chi connectivity index (χ3v) is 2.00. The zero-order valence-corrected chi connectivity index (χ0v) is 10.4. The molecule has 0 aliphatic carbocycles. The molecule has 0 bridgehead atoms. The third kappa shape index (κ3) is 6.40. The van der Waals surface area contributed by atoms with E-state index in [4.69, 9.17) is 9.47 Å². The minimum absolute atomic E-state index is 0.138. The summed E-state index contributed by atoms with van der Waals surface area (Å²) in [5.74, 6) is -0.431. The molecule has 0 aromatic rings. The average molecular weight is 231 g/mol. The van der Waals surface area contributed by atoms with Crippen LogP contribution in [0, 0.1) is 5.92 Å². The highest BCUT2D eigenvalue weighted by Gasteiger charge is 2.17. The van der Waals surface area contributed by atoms with Crippen molar-refractivity contribution in [1.82, 2.24) is 5.32 Å². The van der Waals surface area contributed by atoms with Crippen LogP contribution >= 0.6 is 0 Å². The topological polar surface area (TPSA) is 64.6 Å². The highest BCUT2D eigenvalue weighted by molar-refractivity contribution is 5.84. The second-order valence-corrected chi connectivity index (χ2v) is 3.81. The number of ether oxygens (including phenoxy) is 2. The Morgan fingerprint density at radius 2 is 1.94 bits per heavy atom. The smallest absolute Gasteiger partial charge is 0.328 e. The first-order valence-electron chi connectivity index (χ1n) is 5.46. The highest BCUT2D eigenvalue weighted by Crippen LogP contribution is 2.02. The molecule has 0 spiro atoms. The van der Waals surface area contributed by atoms with Crippen LogP contribution in [0.25, 0.3) is 0 Å². The summed E-state index contributed by atoms with van der Waals surface area (Å²) in [5, 5.41) is 2.58. The van der Waals surface area contributed by atoms with Crippen LogP contribution in [0.3, 0.4) is 0 Å². The lowest BCUT2D eigenvalue weighted by atomic mass is 10.1. The monoisotopic (exact) mass is 231 g/mol. The van der Waals surface area contributed by atoms with Crippen LogP contribution in [-0.2, 0) is 19.1 Å². The van der Waals surface area contributed by atoms with Crippen molar-refractivity contribution in [2.24, 2.45) is 5.92 Å². The van der Waals surface area contributed by atoms with E-state index >= 15 is 0 Å². The predicted octanol–water partition coefficient (Wildman–Crippen LogP) is 0.727. The van der Waals surface area contributed by atoms with Crippen molar-refractivity contribution in [3.63, 3.8) is 0 Å². The van der Waals surface area contributed by atoms with Crippen LogP contribution in [-0.4, -0.2) is 38.2 Å². The summed E-state index contributed by atoms with van der Waals surface area (Å²) in [6.45, 7) is 6.10. The van der Waals surface area contributed by atoms with Gasteiger partial charge in [-0.2, -0.15) is 0 Å². The molecule has 0 radical (unpaired) electrons. The Bertz CT molecular complexity index is 230. The Balaban J connectivity index is 3.90. The second kappa shape index (κ2) is 8.10. The first kappa shape index (κ1) is 14.9. The van der Waals surface area contributed by atoms with Gasteiger partial charge < -0.3 is 14.8 Å². The number of nitrogens with one attached hydrogen (secondary N) is 1. The largest absolute Gasteiger partial charge is 0.464 e. The highest BCUT2D eigenvalue weighted by atomic mass is 16.5. The molecule has 0 aromatic heterocycles. The summed E-state index contributed by atoms with van der Waals surface area (Å²) < 4.78 is 9.70. The molecule has 0 aliphatic heterocycles. The molecule has 1 N–H and O–H groups in total. The number of hydrogen-bond donors (Lipinski definition) is 1. The Morgan fingerprint density at radius 3 is 2.44 bits per heavy atom. The van der Waals surface area contributed by atoms with E-state index in [-0.39, 0.29) is 11.8 Å². The molecule has 0 heterocycles. The minimum atomic E-state index is -0.595. The lowest BCUT2D eigenvalue weighted by Crippen LogP contribution is -2.40. The lowest BCUT2D eigenvalue weighted by molar-refractivity contribution is -0.147. The maximum Gasteiger partial charge on any atom is 0.328 e. The number of amides is 1. The number of carbonyl (C=O) groups excluding carboxylic acids is 2. The van der Waals surface area contributed by atoms with Crippen LogP contribution in [0.4, 0.5) is 0 Å². The minimum Gasteiger partial charge on any atom is -0.464 e. The van der Waals surface area contributed by atoms with Gasteiger partial charge in [0.15, 0.2) is 0 Å². The number of hydrogen-bond acceptors (Lipinski definition) is 4. The fourth-order valence-corrected chi connectivity index (χ4v) is 1.29. The first-order valence-corrected chi connectivity index (χ1v) is 5.46. The number of carbonyl (C=O) groups is 2. The molecule has 2 atom stereocenters. The fourth-order valence-electron chi connectivity index (χ4n) is 1.29. The molecule has 5 heteroatoms. The zero-order valence-electron chi connectivity index (χ0n) is 10.4. The van der Waals surface area contributed by atoms with Gasteiger partial charge in [-0.1, -0.05) is 6.92 Å². The summed E-state index contributed by atoms with van der Waals surface area (Å²) in [4.78, 5) is 22.7. The van der Waals surface area contributed by atoms with Crippen molar-refractivity contribution >= 4 is 11.9 Å². The second-order valence-electron chi connectivity index (χ2n) is 3.81. The third-order valence-electron chi connectivity index (χ3n) is 2.00. The van der Waals surface area contributed by atoms with Gasteiger partial charge in [0, 0.05) is 20.1 Å². The predicted molar refractivity (Wildman–Crippen MR) is 59.9 cm³/mol.